The van der Waals surface area contributed by atoms with Gasteiger partial charge in [0.2, 0.25) is 0 Å². The van der Waals surface area contributed by atoms with Gasteiger partial charge < -0.3 is 15.9 Å². The Hall–Kier alpha value is -1.07. The Kier molecular flexibility index (Phi) is 3.87. The van der Waals surface area contributed by atoms with Gasteiger partial charge in [-0.2, -0.15) is 0 Å². The standard InChI is InChI=1S/C13H13Cl2NO3/c14-11(15)10-8(5-6-17)7-3-1-2-4-9(7)13(10,19)12(16)18/h1-4,8,17,19H,5-6H2,(H2,16,18). The first-order chi connectivity index (χ1) is 8.94. The number of fused-ring (bicyclic) bond motifs is 1. The Morgan fingerprint density at radius 1 is 1.37 bits per heavy atom. The van der Waals surface area contributed by atoms with Crippen LogP contribution in [0.25, 0.3) is 0 Å². The summed E-state index contributed by atoms with van der Waals surface area (Å²) < 4.78 is -0.198. The molecule has 1 aliphatic rings. The molecule has 0 aliphatic heterocycles. The fourth-order valence-corrected chi connectivity index (χ4v) is 3.18. The molecule has 102 valence electrons. The highest BCUT2D eigenvalue weighted by Crippen LogP contribution is 2.52. The lowest BCUT2D eigenvalue weighted by molar-refractivity contribution is -0.133. The molecule has 0 saturated carbocycles. The molecule has 0 heterocycles. The van der Waals surface area contributed by atoms with Crippen LogP contribution in [0.15, 0.2) is 34.3 Å². The fourth-order valence-electron chi connectivity index (χ4n) is 2.65. The molecule has 2 unspecified atom stereocenters. The molecule has 0 saturated heterocycles. The molecule has 0 aromatic heterocycles. The third kappa shape index (κ3) is 2.05. The predicted octanol–water partition coefficient (Wildman–Crippen LogP) is 1.53. The minimum absolute atomic E-state index is 0.127. The number of halogens is 2. The second kappa shape index (κ2) is 5.13. The number of benzene rings is 1. The van der Waals surface area contributed by atoms with Gasteiger partial charge in [-0.15, -0.1) is 0 Å². The Balaban J connectivity index is 2.74. The summed E-state index contributed by atoms with van der Waals surface area (Å²) in [5.41, 5.74) is 4.52. The smallest absolute Gasteiger partial charge is 0.258 e. The molecule has 0 spiro atoms. The van der Waals surface area contributed by atoms with Crippen LogP contribution in [0, 0.1) is 0 Å². The Morgan fingerprint density at radius 2 is 2.00 bits per heavy atom. The number of rotatable bonds is 3. The van der Waals surface area contributed by atoms with Crippen molar-refractivity contribution in [3.63, 3.8) is 0 Å². The number of carbonyl (C=O) groups excluding carboxylic acids is 1. The molecule has 0 fully saturated rings. The number of amides is 1. The zero-order valence-corrected chi connectivity index (χ0v) is 11.4. The van der Waals surface area contributed by atoms with E-state index in [-0.39, 0.29) is 16.7 Å². The maximum Gasteiger partial charge on any atom is 0.258 e. The number of aliphatic hydroxyl groups is 2. The molecule has 0 radical (unpaired) electrons. The zero-order chi connectivity index (χ0) is 14.2. The molecule has 4 nitrogen and oxygen atoms in total. The second-order valence-corrected chi connectivity index (χ2v) is 5.35. The third-order valence-corrected chi connectivity index (χ3v) is 3.85. The van der Waals surface area contributed by atoms with E-state index in [0.717, 1.165) is 0 Å². The van der Waals surface area contributed by atoms with Crippen LogP contribution in [0.2, 0.25) is 0 Å². The van der Waals surface area contributed by atoms with E-state index in [4.69, 9.17) is 34.0 Å². The molecule has 1 aliphatic carbocycles. The van der Waals surface area contributed by atoms with Gasteiger partial charge in [0.1, 0.15) is 4.49 Å². The van der Waals surface area contributed by atoms with Crippen molar-refractivity contribution in [1.82, 2.24) is 0 Å². The summed E-state index contributed by atoms with van der Waals surface area (Å²) in [5.74, 6) is -1.36. The Morgan fingerprint density at radius 3 is 2.53 bits per heavy atom. The van der Waals surface area contributed by atoms with Gasteiger partial charge in [-0.3, -0.25) is 4.79 Å². The van der Waals surface area contributed by atoms with E-state index < -0.39 is 17.4 Å². The molecule has 2 atom stereocenters. The molecule has 1 amide bonds. The number of primary amides is 1. The summed E-state index contributed by atoms with van der Waals surface area (Å²) in [6.45, 7) is -0.127. The normalized spacial score (nSPS) is 25.3. The van der Waals surface area contributed by atoms with Crippen molar-refractivity contribution in [3.8, 4) is 0 Å². The molecule has 4 N–H and O–H groups in total. The maximum absolute atomic E-state index is 11.7. The highest BCUT2D eigenvalue weighted by molar-refractivity contribution is 6.56. The van der Waals surface area contributed by atoms with Gasteiger partial charge in [-0.25, -0.2) is 0 Å². The van der Waals surface area contributed by atoms with Gasteiger partial charge in [-0.1, -0.05) is 47.5 Å². The maximum atomic E-state index is 11.7. The van der Waals surface area contributed by atoms with Gasteiger partial charge in [0.15, 0.2) is 5.60 Å². The average Bonchev–Trinajstić information content (AvgIpc) is 2.62. The molecular formula is C13H13Cl2NO3. The lowest BCUT2D eigenvalue weighted by atomic mass is 9.89. The lowest BCUT2D eigenvalue weighted by Gasteiger charge is -2.24. The highest BCUT2D eigenvalue weighted by Gasteiger charge is 2.52. The van der Waals surface area contributed by atoms with Crippen LogP contribution < -0.4 is 5.73 Å². The van der Waals surface area contributed by atoms with Crippen LogP contribution in [0.4, 0.5) is 0 Å². The van der Waals surface area contributed by atoms with Crippen LogP contribution in [0.1, 0.15) is 23.5 Å². The Bertz CT molecular complexity index is 555. The molecule has 6 heteroatoms. The van der Waals surface area contributed by atoms with E-state index in [9.17, 15) is 9.90 Å². The number of aliphatic hydroxyl groups excluding tert-OH is 1. The predicted molar refractivity (Wildman–Crippen MR) is 72.7 cm³/mol. The number of hydrogen-bond acceptors (Lipinski definition) is 3. The van der Waals surface area contributed by atoms with Gasteiger partial charge in [-0.05, 0) is 12.0 Å². The molecule has 0 bridgehead atoms. The molecular weight excluding hydrogens is 289 g/mol. The SMILES string of the molecule is NC(=O)C1(O)C(=C(Cl)Cl)C(CCO)c2ccccc21. The Labute approximate surface area is 120 Å². The fraction of sp³-hybridized carbons (Fsp3) is 0.308. The third-order valence-electron chi connectivity index (χ3n) is 3.44. The van der Waals surface area contributed by atoms with Crippen molar-refractivity contribution in [3.05, 3.63) is 45.5 Å². The zero-order valence-electron chi connectivity index (χ0n) is 9.94. The van der Waals surface area contributed by atoms with Crippen molar-refractivity contribution in [2.75, 3.05) is 6.61 Å². The van der Waals surface area contributed by atoms with Crippen LogP contribution in [-0.2, 0) is 10.4 Å². The largest absolute Gasteiger partial charge is 0.396 e. The van der Waals surface area contributed by atoms with Crippen molar-refractivity contribution in [2.45, 2.75) is 17.9 Å². The summed E-state index contributed by atoms with van der Waals surface area (Å²) in [6.07, 6.45) is 0.297. The minimum atomic E-state index is -2.02. The number of carbonyl (C=O) groups is 1. The molecule has 2 rings (SSSR count). The molecule has 1 aromatic carbocycles. The second-order valence-electron chi connectivity index (χ2n) is 4.40. The van der Waals surface area contributed by atoms with Gasteiger partial charge in [0, 0.05) is 23.7 Å². The van der Waals surface area contributed by atoms with Crippen LogP contribution in [-0.4, -0.2) is 22.7 Å². The van der Waals surface area contributed by atoms with E-state index in [1.54, 1.807) is 24.3 Å². The summed E-state index contributed by atoms with van der Waals surface area (Å²) in [5, 5.41) is 19.8. The topological polar surface area (TPSA) is 83.6 Å². The van der Waals surface area contributed by atoms with Gasteiger partial charge in [0.25, 0.3) is 5.91 Å². The summed E-state index contributed by atoms with van der Waals surface area (Å²) in [7, 11) is 0. The van der Waals surface area contributed by atoms with Crippen molar-refractivity contribution in [1.29, 1.82) is 0 Å². The first kappa shape index (κ1) is 14.3. The summed E-state index contributed by atoms with van der Waals surface area (Å²) in [6, 6.07) is 6.82. The van der Waals surface area contributed by atoms with Crippen LogP contribution in [0.3, 0.4) is 0 Å². The van der Waals surface area contributed by atoms with Crippen molar-refractivity contribution < 1.29 is 15.0 Å². The first-order valence-electron chi connectivity index (χ1n) is 5.72. The number of hydrogen-bond donors (Lipinski definition) is 3. The van der Waals surface area contributed by atoms with Crippen LogP contribution in [0.5, 0.6) is 0 Å². The molecule has 1 aromatic rings. The lowest BCUT2D eigenvalue weighted by Crippen LogP contribution is -2.41. The van der Waals surface area contributed by atoms with Gasteiger partial charge in [0.05, 0.1) is 0 Å². The summed E-state index contributed by atoms with van der Waals surface area (Å²) in [4.78, 5) is 11.7. The van der Waals surface area contributed by atoms with Crippen molar-refractivity contribution >= 4 is 29.1 Å². The van der Waals surface area contributed by atoms with E-state index in [1.165, 1.54) is 0 Å². The number of nitrogens with two attached hydrogens (primary N) is 1. The first-order valence-corrected chi connectivity index (χ1v) is 6.48. The van der Waals surface area contributed by atoms with E-state index >= 15 is 0 Å². The quantitative estimate of drug-likeness (QED) is 0.791. The highest BCUT2D eigenvalue weighted by atomic mass is 35.5. The average molecular weight is 302 g/mol. The molecule has 19 heavy (non-hydrogen) atoms. The summed E-state index contributed by atoms with van der Waals surface area (Å²) >= 11 is 11.7. The van der Waals surface area contributed by atoms with Crippen LogP contribution >= 0.6 is 23.2 Å². The minimum Gasteiger partial charge on any atom is -0.396 e. The van der Waals surface area contributed by atoms with Crippen molar-refractivity contribution in [2.24, 2.45) is 5.73 Å². The van der Waals surface area contributed by atoms with Gasteiger partial charge >= 0.3 is 0 Å². The van der Waals surface area contributed by atoms with E-state index in [2.05, 4.69) is 0 Å². The monoisotopic (exact) mass is 301 g/mol. The van der Waals surface area contributed by atoms with E-state index in [0.29, 0.717) is 17.5 Å². The van der Waals surface area contributed by atoms with E-state index in [1.807, 2.05) is 0 Å².